The first kappa shape index (κ1) is 17.9. The summed E-state index contributed by atoms with van der Waals surface area (Å²) < 4.78 is 0. The van der Waals surface area contributed by atoms with Gasteiger partial charge in [-0.1, -0.05) is 23.7 Å². The van der Waals surface area contributed by atoms with Crippen LogP contribution in [0, 0.1) is 0 Å². The van der Waals surface area contributed by atoms with Gasteiger partial charge in [0.2, 0.25) is 0 Å². The molecule has 7 heteroatoms. The van der Waals surface area contributed by atoms with Crippen LogP contribution in [-0.4, -0.2) is 39.5 Å². The monoisotopic (exact) mass is 378 g/mol. The van der Waals surface area contributed by atoms with Crippen LogP contribution in [0.25, 0.3) is 10.6 Å². The Kier molecular flexibility index (Phi) is 5.71. The number of likely N-dealkylation sites (tertiary alicyclic amines) is 1. The van der Waals surface area contributed by atoms with Crippen molar-refractivity contribution >= 4 is 34.8 Å². The Morgan fingerprint density at radius 1 is 1.28 bits per heavy atom. The summed E-state index contributed by atoms with van der Waals surface area (Å²) in [6.45, 7) is 0.664. The van der Waals surface area contributed by atoms with Gasteiger partial charge in [0.1, 0.15) is 10.7 Å². The number of carbonyl (C=O) groups excluding carboxylic acids is 1. The first-order valence-corrected chi connectivity index (χ1v) is 9.54. The quantitative estimate of drug-likeness (QED) is 0.840. The molecule has 3 rings (SSSR count). The number of aromatic nitrogens is 1. The highest BCUT2D eigenvalue weighted by atomic mass is 35.5. The molecule has 0 aliphatic carbocycles. The lowest BCUT2D eigenvalue weighted by Gasteiger charge is -2.35. The van der Waals surface area contributed by atoms with Gasteiger partial charge in [-0.25, -0.2) is 4.98 Å². The average molecular weight is 379 g/mol. The molecule has 1 amide bonds. The van der Waals surface area contributed by atoms with Gasteiger partial charge in [0.15, 0.2) is 0 Å². The first-order chi connectivity index (χ1) is 12.0. The van der Waals surface area contributed by atoms with Gasteiger partial charge in [0.05, 0.1) is 0 Å². The van der Waals surface area contributed by atoms with Crippen molar-refractivity contribution in [3.63, 3.8) is 0 Å². The second-order valence-corrected chi connectivity index (χ2v) is 7.42. The number of carbonyl (C=O) groups is 2. The molecule has 132 valence electrons. The molecule has 25 heavy (non-hydrogen) atoms. The molecule has 0 saturated carbocycles. The molecule has 2 aromatic rings. The Morgan fingerprint density at radius 2 is 2.04 bits per heavy atom. The molecule has 1 aromatic heterocycles. The predicted octanol–water partition coefficient (Wildman–Crippen LogP) is 4.32. The Labute approximate surface area is 155 Å². The van der Waals surface area contributed by atoms with Crippen molar-refractivity contribution in [2.24, 2.45) is 0 Å². The van der Waals surface area contributed by atoms with Crippen LogP contribution in [0.15, 0.2) is 29.6 Å². The van der Waals surface area contributed by atoms with Crippen LogP contribution in [-0.2, 0) is 4.79 Å². The van der Waals surface area contributed by atoms with E-state index in [2.05, 4.69) is 4.98 Å². The van der Waals surface area contributed by atoms with Gasteiger partial charge in [0, 0.05) is 35.0 Å². The van der Waals surface area contributed by atoms with Crippen molar-refractivity contribution < 1.29 is 14.7 Å². The number of halogens is 1. The van der Waals surface area contributed by atoms with E-state index in [1.165, 1.54) is 11.3 Å². The molecule has 1 unspecified atom stereocenters. The van der Waals surface area contributed by atoms with Gasteiger partial charge in [-0.05, 0) is 37.8 Å². The number of carboxylic acids is 1. The van der Waals surface area contributed by atoms with Crippen molar-refractivity contribution in [2.45, 2.75) is 38.1 Å². The number of piperidine rings is 1. The molecule has 1 atom stereocenters. The van der Waals surface area contributed by atoms with Crippen LogP contribution in [0.5, 0.6) is 0 Å². The lowest BCUT2D eigenvalue weighted by molar-refractivity contribution is -0.137. The molecular weight excluding hydrogens is 360 g/mol. The molecule has 1 N–H and O–H groups in total. The zero-order valence-corrected chi connectivity index (χ0v) is 15.2. The summed E-state index contributed by atoms with van der Waals surface area (Å²) in [5.74, 6) is -0.928. The highest BCUT2D eigenvalue weighted by molar-refractivity contribution is 7.13. The Hall–Kier alpha value is -1.92. The van der Waals surface area contributed by atoms with Crippen molar-refractivity contribution in [3.05, 3.63) is 40.4 Å². The van der Waals surface area contributed by atoms with E-state index in [1.54, 1.807) is 22.4 Å². The summed E-state index contributed by atoms with van der Waals surface area (Å²) in [7, 11) is 0. The number of rotatable bonds is 5. The van der Waals surface area contributed by atoms with Crippen LogP contribution < -0.4 is 0 Å². The number of nitrogens with zero attached hydrogens (tertiary/aromatic N) is 2. The van der Waals surface area contributed by atoms with Crippen molar-refractivity contribution in [3.8, 4) is 10.6 Å². The molecule has 1 saturated heterocycles. The second kappa shape index (κ2) is 7.97. The highest BCUT2D eigenvalue weighted by Gasteiger charge is 2.29. The number of hydrogen-bond acceptors (Lipinski definition) is 4. The molecule has 2 heterocycles. The molecule has 0 bridgehead atoms. The van der Waals surface area contributed by atoms with Gasteiger partial charge >= 0.3 is 5.97 Å². The number of thiazole rings is 1. The first-order valence-electron chi connectivity index (χ1n) is 8.29. The van der Waals surface area contributed by atoms with Crippen molar-refractivity contribution in [2.75, 3.05) is 6.54 Å². The van der Waals surface area contributed by atoms with Crippen LogP contribution in [0.2, 0.25) is 5.02 Å². The van der Waals surface area contributed by atoms with E-state index in [0.29, 0.717) is 23.7 Å². The fourth-order valence-corrected chi connectivity index (χ4v) is 4.03. The fourth-order valence-electron chi connectivity index (χ4n) is 3.10. The molecule has 1 aliphatic rings. The van der Waals surface area contributed by atoms with E-state index in [0.717, 1.165) is 29.8 Å². The summed E-state index contributed by atoms with van der Waals surface area (Å²) >= 11 is 7.33. The van der Waals surface area contributed by atoms with Crippen LogP contribution in [0.4, 0.5) is 0 Å². The third-order valence-corrected chi connectivity index (χ3v) is 5.54. The molecule has 1 aliphatic heterocycles. The smallest absolute Gasteiger partial charge is 0.303 e. The average Bonchev–Trinajstić information content (AvgIpc) is 3.10. The summed E-state index contributed by atoms with van der Waals surface area (Å²) in [4.78, 5) is 30.0. The number of aliphatic carboxylic acids is 1. The number of benzene rings is 1. The SMILES string of the molecule is O=C(O)CCC1CCCCN1C(=O)c1csc(-c2ccc(Cl)cc2)n1. The molecule has 1 aromatic carbocycles. The van der Waals surface area contributed by atoms with Gasteiger partial charge in [-0.15, -0.1) is 11.3 Å². The maximum atomic E-state index is 12.9. The fraction of sp³-hybridized carbons (Fsp3) is 0.389. The normalized spacial score (nSPS) is 17.5. The van der Waals surface area contributed by atoms with Gasteiger partial charge in [-0.3, -0.25) is 9.59 Å². The van der Waals surface area contributed by atoms with Crippen LogP contribution in [0.1, 0.15) is 42.6 Å². The van der Waals surface area contributed by atoms with E-state index < -0.39 is 5.97 Å². The minimum absolute atomic E-state index is 0.0157. The van der Waals surface area contributed by atoms with E-state index >= 15 is 0 Å². The minimum Gasteiger partial charge on any atom is -0.481 e. The second-order valence-electron chi connectivity index (χ2n) is 6.13. The number of hydrogen-bond donors (Lipinski definition) is 1. The molecule has 0 spiro atoms. The van der Waals surface area contributed by atoms with E-state index in [1.807, 2.05) is 12.1 Å². The summed E-state index contributed by atoms with van der Waals surface area (Å²) in [5, 5.41) is 12.1. The summed E-state index contributed by atoms with van der Waals surface area (Å²) in [6, 6.07) is 7.34. The minimum atomic E-state index is -0.823. The number of amides is 1. The summed E-state index contributed by atoms with van der Waals surface area (Å²) in [5.41, 5.74) is 1.35. The third kappa shape index (κ3) is 4.38. The van der Waals surface area contributed by atoms with E-state index in [-0.39, 0.29) is 18.4 Å². The van der Waals surface area contributed by atoms with Crippen molar-refractivity contribution in [1.29, 1.82) is 0 Å². The molecule has 5 nitrogen and oxygen atoms in total. The van der Waals surface area contributed by atoms with Gasteiger partial charge in [-0.2, -0.15) is 0 Å². The maximum absolute atomic E-state index is 12.9. The Balaban J connectivity index is 1.75. The van der Waals surface area contributed by atoms with E-state index in [4.69, 9.17) is 16.7 Å². The molecule has 0 radical (unpaired) electrons. The van der Waals surface area contributed by atoms with Gasteiger partial charge in [0.25, 0.3) is 5.91 Å². The van der Waals surface area contributed by atoms with Crippen molar-refractivity contribution in [1.82, 2.24) is 9.88 Å². The number of carboxylic acid groups (broad SMARTS) is 1. The lowest BCUT2D eigenvalue weighted by Crippen LogP contribution is -2.44. The van der Waals surface area contributed by atoms with Gasteiger partial charge < -0.3 is 10.0 Å². The zero-order chi connectivity index (χ0) is 17.8. The largest absolute Gasteiger partial charge is 0.481 e. The maximum Gasteiger partial charge on any atom is 0.303 e. The van der Waals surface area contributed by atoms with Crippen LogP contribution in [0.3, 0.4) is 0 Å². The Bertz CT molecular complexity index is 760. The standard InChI is InChI=1S/C18H19ClN2O3S/c19-13-6-4-12(5-7-13)17-20-15(11-25-17)18(24)21-10-2-1-3-14(21)8-9-16(22)23/h4-7,11,14H,1-3,8-10H2,(H,22,23). The molecule has 1 fully saturated rings. The Morgan fingerprint density at radius 3 is 2.76 bits per heavy atom. The van der Waals surface area contributed by atoms with E-state index in [9.17, 15) is 9.59 Å². The molecular formula is C18H19ClN2O3S. The topological polar surface area (TPSA) is 70.5 Å². The lowest BCUT2D eigenvalue weighted by atomic mass is 9.97. The zero-order valence-electron chi connectivity index (χ0n) is 13.7. The summed E-state index contributed by atoms with van der Waals surface area (Å²) in [6.07, 6.45) is 3.41. The predicted molar refractivity (Wildman–Crippen MR) is 98.1 cm³/mol. The third-order valence-electron chi connectivity index (χ3n) is 4.39. The van der Waals surface area contributed by atoms with Crippen LogP contribution >= 0.6 is 22.9 Å². The highest BCUT2D eigenvalue weighted by Crippen LogP contribution is 2.28.